The topological polar surface area (TPSA) is 42.2 Å². The molecule has 0 amide bonds. The molecule has 3 nitrogen and oxygen atoms in total. The number of nitrogens with zero attached hydrogens (tertiary/aromatic N) is 1. The van der Waals surface area contributed by atoms with Gasteiger partial charge in [-0.2, -0.15) is 5.26 Å². The van der Waals surface area contributed by atoms with Crippen molar-refractivity contribution in [3.63, 3.8) is 0 Å². The van der Waals surface area contributed by atoms with Crippen molar-refractivity contribution in [2.24, 2.45) is 0 Å². The van der Waals surface area contributed by atoms with Crippen LogP contribution in [0.4, 0.5) is 0 Å². The summed E-state index contributed by atoms with van der Waals surface area (Å²) in [6, 6.07) is 14.9. The highest BCUT2D eigenvalue weighted by Crippen LogP contribution is 2.38. The molecule has 1 aliphatic rings. The largest absolute Gasteiger partial charge is 0.494 e. The van der Waals surface area contributed by atoms with Crippen LogP contribution in [0.5, 0.6) is 0 Å². The average Bonchev–Trinajstić information content (AvgIpc) is 2.88. The molecule has 0 aromatic heterocycles. The van der Waals surface area contributed by atoms with Gasteiger partial charge in [-0.25, -0.2) is 0 Å². The Balaban J connectivity index is 2.04. The van der Waals surface area contributed by atoms with Crippen LogP contribution in [0.15, 0.2) is 36.4 Å². The molecule has 1 saturated heterocycles. The van der Waals surface area contributed by atoms with Crippen LogP contribution in [-0.4, -0.2) is 18.3 Å². The average molecular weight is 389 g/mol. The maximum atomic E-state index is 9.48. The van der Waals surface area contributed by atoms with Crippen LogP contribution in [-0.2, 0) is 9.31 Å². The first-order valence-corrected chi connectivity index (χ1v) is 10.5. The lowest BCUT2D eigenvalue weighted by molar-refractivity contribution is 0.00578. The van der Waals surface area contributed by atoms with E-state index >= 15 is 0 Å². The minimum Gasteiger partial charge on any atom is -0.399 e. The molecule has 1 fully saturated rings. The summed E-state index contributed by atoms with van der Waals surface area (Å²) in [5.74, 6) is 0.664. The summed E-state index contributed by atoms with van der Waals surface area (Å²) in [4.78, 5) is 0. The van der Waals surface area contributed by atoms with Crippen LogP contribution in [0.3, 0.4) is 0 Å². The van der Waals surface area contributed by atoms with Crippen molar-refractivity contribution < 1.29 is 9.31 Å². The Hall–Kier alpha value is -2.09. The zero-order valence-electron chi connectivity index (χ0n) is 19.0. The predicted molar refractivity (Wildman–Crippen MR) is 120 cm³/mol. The van der Waals surface area contributed by atoms with Crippen LogP contribution < -0.4 is 5.46 Å². The van der Waals surface area contributed by atoms with Crippen molar-refractivity contribution in [3.8, 4) is 17.2 Å². The molecule has 0 radical (unpaired) electrons. The third-order valence-electron chi connectivity index (χ3n) is 6.30. The second-order valence-electron chi connectivity index (χ2n) is 9.66. The molecule has 29 heavy (non-hydrogen) atoms. The van der Waals surface area contributed by atoms with Gasteiger partial charge in [0.25, 0.3) is 0 Å². The Labute approximate surface area is 176 Å². The third kappa shape index (κ3) is 3.99. The van der Waals surface area contributed by atoms with Gasteiger partial charge in [-0.05, 0) is 79.4 Å². The van der Waals surface area contributed by atoms with E-state index in [0.717, 1.165) is 11.0 Å². The minimum atomic E-state index is -0.357. The van der Waals surface area contributed by atoms with E-state index in [2.05, 4.69) is 85.7 Å². The lowest BCUT2D eigenvalue weighted by Gasteiger charge is -2.32. The third-order valence-corrected chi connectivity index (χ3v) is 6.30. The summed E-state index contributed by atoms with van der Waals surface area (Å²) in [5, 5.41) is 9.48. The summed E-state index contributed by atoms with van der Waals surface area (Å²) in [5.41, 5.74) is 5.91. The Kier molecular flexibility index (Phi) is 5.69. The summed E-state index contributed by atoms with van der Waals surface area (Å²) >= 11 is 0. The standard InChI is InChI=1S/C25H32BNO2/c1-16(2)21-13-18(15-27)14-22(17(3)4)23(21)19-9-11-20(12-10-19)26-28-24(5,6)25(7,8)29-26/h9-14,16-17H,1-8H3. The highest BCUT2D eigenvalue weighted by molar-refractivity contribution is 6.62. The quantitative estimate of drug-likeness (QED) is 0.624. The first-order valence-electron chi connectivity index (χ1n) is 10.5. The number of rotatable bonds is 4. The normalized spacial score (nSPS) is 17.8. The maximum Gasteiger partial charge on any atom is 0.494 e. The van der Waals surface area contributed by atoms with Gasteiger partial charge in [0.2, 0.25) is 0 Å². The Morgan fingerprint density at radius 2 is 1.28 bits per heavy atom. The smallest absolute Gasteiger partial charge is 0.399 e. The number of benzene rings is 2. The predicted octanol–water partition coefficient (Wildman–Crippen LogP) is 5.77. The van der Waals surface area contributed by atoms with Crippen LogP contribution in [0.1, 0.15) is 83.9 Å². The van der Waals surface area contributed by atoms with Crippen molar-refractivity contribution >= 4 is 12.6 Å². The Bertz CT molecular complexity index is 891. The molecule has 3 rings (SSSR count). The summed E-state index contributed by atoms with van der Waals surface area (Å²) in [7, 11) is -0.357. The molecular formula is C25H32BNO2. The lowest BCUT2D eigenvalue weighted by Crippen LogP contribution is -2.41. The van der Waals surface area contributed by atoms with Gasteiger partial charge in [-0.1, -0.05) is 52.0 Å². The zero-order valence-corrected chi connectivity index (χ0v) is 19.0. The fraction of sp³-hybridized carbons (Fsp3) is 0.480. The zero-order chi connectivity index (χ0) is 21.6. The van der Waals surface area contributed by atoms with Gasteiger partial charge in [0, 0.05) is 0 Å². The second-order valence-corrected chi connectivity index (χ2v) is 9.66. The maximum absolute atomic E-state index is 9.48. The van der Waals surface area contributed by atoms with Crippen molar-refractivity contribution in [1.82, 2.24) is 0 Å². The van der Waals surface area contributed by atoms with E-state index in [-0.39, 0.29) is 18.3 Å². The fourth-order valence-corrected chi connectivity index (χ4v) is 3.78. The van der Waals surface area contributed by atoms with Gasteiger partial charge in [-0.3, -0.25) is 0 Å². The molecule has 0 spiro atoms. The van der Waals surface area contributed by atoms with Gasteiger partial charge >= 0.3 is 7.12 Å². The van der Waals surface area contributed by atoms with Crippen LogP contribution in [0.25, 0.3) is 11.1 Å². The molecule has 0 N–H and O–H groups in total. The van der Waals surface area contributed by atoms with Gasteiger partial charge in [-0.15, -0.1) is 0 Å². The van der Waals surface area contributed by atoms with Crippen LogP contribution in [0.2, 0.25) is 0 Å². The van der Waals surface area contributed by atoms with Crippen LogP contribution in [0, 0.1) is 11.3 Å². The molecule has 2 aromatic carbocycles. The second kappa shape index (κ2) is 7.63. The van der Waals surface area contributed by atoms with E-state index in [1.165, 1.54) is 22.3 Å². The van der Waals surface area contributed by atoms with Gasteiger partial charge in [0.05, 0.1) is 22.8 Å². The molecule has 1 aliphatic heterocycles. The fourth-order valence-electron chi connectivity index (χ4n) is 3.78. The molecule has 0 bridgehead atoms. The van der Waals surface area contributed by atoms with Crippen molar-refractivity contribution in [2.75, 3.05) is 0 Å². The van der Waals surface area contributed by atoms with Gasteiger partial charge in [0.15, 0.2) is 0 Å². The molecule has 152 valence electrons. The van der Waals surface area contributed by atoms with Crippen molar-refractivity contribution in [3.05, 3.63) is 53.1 Å². The molecule has 0 atom stereocenters. The van der Waals surface area contributed by atoms with Crippen molar-refractivity contribution in [2.45, 2.75) is 78.4 Å². The van der Waals surface area contributed by atoms with Crippen LogP contribution >= 0.6 is 0 Å². The lowest BCUT2D eigenvalue weighted by atomic mass is 9.77. The Morgan fingerprint density at radius 3 is 1.66 bits per heavy atom. The summed E-state index contributed by atoms with van der Waals surface area (Å²) in [6.45, 7) is 17.0. The number of nitriles is 1. The van der Waals surface area contributed by atoms with Crippen molar-refractivity contribution in [1.29, 1.82) is 5.26 Å². The molecule has 2 aromatic rings. The Morgan fingerprint density at radius 1 is 0.828 bits per heavy atom. The highest BCUT2D eigenvalue weighted by atomic mass is 16.7. The molecule has 4 heteroatoms. The molecular weight excluding hydrogens is 357 g/mol. The molecule has 0 aliphatic carbocycles. The first-order chi connectivity index (χ1) is 13.5. The highest BCUT2D eigenvalue weighted by Gasteiger charge is 2.51. The van der Waals surface area contributed by atoms with Gasteiger partial charge in [0.1, 0.15) is 0 Å². The molecule has 0 saturated carbocycles. The van der Waals surface area contributed by atoms with E-state index in [1.54, 1.807) is 0 Å². The van der Waals surface area contributed by atoms with Gasteiger partial charge < -0.3 is 9.31 Å². The summed E-state index contributed by atoms with van der Waals surface area (Å²) < 4.78 is 12.4. The molecule has 1 heterocycles. The summed E-state index contributed by atoms with van der Waals surface area (Å²) in [6.07, 6.45) is 0. The van der Waals surface area contributed by atoms with E-state index in [4.69, 9.17) is 9.31 Å². The number of hydrogen-bond donors (Lipinski definition) is 0. The molecule has 0 unspecified atom stereocenters. The minimum absolute atomic E-state index is 0.332. The monoisotopic (exact) mass is 389 g/mol. The van der Waals surface area contributed by atoms with E-state index in [0.29, 0.717) is 11.8 Å². The van der Waals surface area contributed by atoms with E-state index < -0.39 is 0 Å². The first kappa shape index (κ1) is 21.6. The number of hydrogen-bond acceptors (Lipinski definition) is 3. The SMILES string of the molecule is CC(C)c1cc(C#N)cc(C(C)C)c1-c1ccc(B2OC(C)(C)C(C)(C)O2)cc1. The van der Waals surface area contributed by atoms with E-state index in [1.807, 2.05) is 12.1 Å². The van der Waals surface area contributed by atoms with E-state index in [9.17, 15) is 5.26 Å².